The van der Waals surface area contributed by atoms with Crippen molar-refractivity contribution in [2.24, 2.45) is 0 Å². The first-order valence-corrected chi connectivity index (χ1v) is 6.44. The minimum atomic E-state index is -0.450. The number of methoxy groups -OCH3 is 1. The van der Waals surface area contributed by atoms with E-state index in [1.807, 2.05) is 30.3 Å². The van der Waals surface area contributed by atoms with Gasteiger partial charge in [0.1, 0.15) is 0 Å². The summed E-state index contributed by atoms with van der Waals surface area (Å²) in [7, 11) is 1.33. The fourth-order valence-electron chi connectivity index (χ4n) is 1.85. The molecule has 0 saturated carbocycles. The van der Waals surface area contributed by atoms with Gasteiger partial charge in [0.25, 0.3) is 0 Å². The van der Waals surface area contributed by atoms with Gasteiger partial charge in [-0.05, 0) is 29.8 Å². The fraction of sp³-hybridized carbons (Fsp3) is 0.133. The van der Waals surface area contributed by atoms with Gasteiger partial charge in [0.15, 0.2) is 0 Å². The zero-order valence-electron chi connectivity index (χ0n) is 11.0. The normalized spacial score (nSPS) is 10.1. The van der Waals surface area contributed by atoms with E-state index in [0.29, 0.717) is 28.5 Å². The highest BCUT2D eigenvalue weighted by molar-refractivity contribution is 6.30. The number of benzene rings is 2. The molecule has 4 nitrogen and oxygen atoms in total. The molecular weight excluding hydrogens is 276 g/mol. The van der Waals surface area contributed by atoms with Crippen LogP contribution in [0.5, 0.6) is 0 Å². The van der Waals surface area contributed by atoms with Crippen molar-refractivity contribution in [2.45, 2.75) is 6.54 Å². The fourth-order valence-corrected chi connectivity index (χ4v) is 2.06. The predicted molar refractivity (Wildman–Crippen MR) is 81.0 cm³/mol. The molecule has 2 aromatic rings. The quantitative estimate of drug-likeness (QED) is 0.670. The van der Waals surface area contributed by atoms with E-state index in [9.17, 15) is 4.79 Å². The predicted octanol–water partition coefficient (Wildman–Crippen LogP) is 3.32. The lowest BCUT2D eigenvalue weighted by Gasteiger charge is -2.12. The minimum Gasteiger partial charge on any atom is -0.465 e. The lowest BCUT2D eigenvalue weighted by Crippen LogP contribution is -2.09. The summed E-state index contributed by atoms with van der Waals surface area (Å²) >= 11 is 5.93. The Balaban J connectivity index is 2.16. The van der Waals surface area contributed by atoms with E-state index in [0.717, 1.165) is 5.56 Å². The van der Waals surface area contributed by atoms with Gasteiger partial charge in [-0.15, -0.1) is 0 Å². The Morgan fingerprint density at radius 1 is 1.30 bits per heavy atom. The van der Waals surface area contributed by atoms with E-state index in [1.54, 1.807) is 12.1 Å². The molecule has 0 aliphatic carbocycles. The summed E-state index contributed by atoms with van der Waals surface area (Å²) in [6, 6.07) is 12.7. The highest BCUT2D eigenvalue weighted by Gasteiger charge is 2.12. The van der Waals surface area contributed by atoms with E-state index in [1.165, 1.54) is 7.11 Å². The molecule has 5 heteroatoms. The number of halogens is 1. The standard InChI is InChI=1S/C15H15ClN2O2/c1-20-15(19)12-6-3-7-13(14(12)17)18-9-10-4-2-5-11(16)8-10/h2-8,18H,9,17H2,1H3. The summed E-state index contributed by atoms with van der Waals surface area (Å²) in [6.45, 7) is 0.565. The number of hydrogen-bond donors (Lipinski definition) is 2. The van der Waals surface area contributed by atoms with E-state index in [2.05, 4.69) is 10.1 Å². The Bertz CT molecular complexity index is 629. The Morgan fingerprint density at radius 2 is 2.05 bits per heavy atom. The number of ether oxygens (including phenoxy) is 1. The number of hydrogen-bond acceptors (Lipinski definition) is 4. The topological polar surface area (TPSA) is 64.3 Å². The number of esters is 1. The molecule has 0 saturated heterocycles. The molecule has 0 aliphatic heterocycles. The van der Waals surface area contributed by atoms with Crippen LogP contribution in [-0.2, 0) is 11.3 Å². The molecule has 20 heavy (non-hydrogen) atoms. The minimum absolute atomic E-state index is 0.351. The average Bonchev–Trinajstić information content (AvgIpc) is 2.45. The zero-order chi connectivity index (χ0) is 14.5. The summed E-state index contributed by atoms with van der Waals surface area (Å²) in [5, 5.41) is 3.87. The molecule has 3 N–H and O–H groups in total. The molecule has 0 aromatic heterocycles. The van der Waals surface area contributed by atoms with Gasteiger partial charge in [-0.3, -0.25) is 0 Å². The molecule has 0 unspecified atom stereocenters. The Morgan fingerprint density at radius 3 is 2.75 bits per heavy atom. The van der Waals surface area contributed by atoms with Crippen LogP contribution in [0.1, 0.15) is 15.9 Å². The van der Waals surface area contributed by atoms with E-state index < -0.39 is 5.97 Å². The number of nitrogen functional groups attached to an aromatic ring is 1. The second-order valence-corrected chi connectivity index (χ2v) is 4.68. The van der Waals surface area contributed by atoms with Gasteiger partial charge in [-0.25, -0.2) is 4.79 Å². The van der Waals surface area contributed by atoms with E-state index in [-0.39, 0.29) is 0 Å². The smallest absolute Gasteiger partial charge is 0.340 e. The third-order valence-electron chi connectivity index (χ3n) is 2.88. The number of nitrogens with two attached hydrogens (primary N) is 1. The van der Waals surface area contributed by atoms with Crippen LogP contribution >= 0.6 is 11.6 Å². The second-order valence-electron chi connectivity index (χ2n) is 4.24. The van der Waals surface area contributed by atoms with Crippen molar-refractivity contribution in [3.05, 3.63) is 58.6 Å². The number of rotatable bonds is 4. The van der Waals surface area contributed by atoms with Gasteiger partial charge < -0.3 is 15.8 Å². The first-order chi connectivity index (χ1) is 9.61. The van der Waals surface area contributed by atoms with Crippen LogP contribution in [0.3, 0.4) is 0 Å². The van der Waals surface area contributed by atoms with Crippen molar-refractivity contribution >= 4 is 28.9 Å². The van der Waals surface area contributed by atoms with Gasteiger partial charge >= 0.3 is 5.97 Å². The number of carbonyl (C=O) groups is 1. The Labute approximate surface area is 122 Å². The molecule has 2 aromatic carbocycles. The summed E-state index contributed by atoms with van der Waals surface area (Å²) in [5.74, 6) is -0.450. The molecule has 0 amide bonds. The van der Waals surface area contributed by atoms with Crippen LogP contribution in [0.4, 0.5) is 11.4 Å². The molecule has 0 radical (unpaired) electrons. The zero-order valence-corrected chi connectivity index (χ0v) is 11.8. The van der Waals surface area contributed by atoms with Gasteiger partial charge in [-0.2, -0.15) is 0 Å². The highest BCUT2D eigenvalue weighted by Crippen LogP contribution is 2.24. The van der Waals surface area contributed by atoms with Crippen LogP contribution in [0, 0.1) is 0 Å². The van der Waals surface area contributed by atoms with Crippen LogP contribution in [0.2, 0.25) is 5.02 Å². The molecule has 2 rings (SSSR count). The first kappa shape index (κ1) is 14.2. The Kier molecular flexibility index (Phi) is 4.48. The van der Waals surface area contributed by atoms with Crippen LogP contribution in [0.25, 0.3) is 0 Å². The summed E-state index contributed by atoms with van der Waals surface area (Å²) in [4.78, 5) is 11.6. The monoisotopic (exact) mass is 290 g/mol. The Hall–Kier alpha value is -2.20. The van der Waals surface area contributed by atoms with Crippen LogP contribution in [0.15, 0.2) is 42.5 Å². The molecule has 0 atom stereocenters. The van der Waals surface area contributed by atoms with E-state index in [4.69, 9.17) is 17.3 Å². The van der Waals surface area contributed by atoms with Crippen LogP contribution in [-0.4, -0.2) is 13.1 Å². The maximum atomic E-state index is 11.6. The van der Waals surface area contributed by atoms with Gasteiger partial charge in [0, 0.05) is 11.6 Å². The second kappa shape index (κ2) is 6.30. The van der Waals surface area contributed by atoms with Gasteiger partial charge in [0.05, 0.1) is 24.0 Å². The first-order valence-electron chi connectivity index (χ1n) is 6.07. The van der Waals surface area contributed by atoms with Crippen molar-refractivity contribution in [2.75, 3.05) is 18.2 Å². The molecule has 0 aliphatic rings. The molecule has 0 bridgehead atoms. The van der Waals surface area contributed by atoms with Gasteiger partial charge in [0.2, 0.25) is 0 Å². The third kappa shape index (κ3) is 3.22. The average molecular weight is 291 g/mol. The molecular formula is C15H15ClN2O2. The summed E-state index contributed by atoms with van der Waals surface area (Å²) < 4.78 is 4.69. The SMILES string of the molecule is COC(=O)c1cccc(NCc2cccc(Cl)c2)c1N. The summed E-state index contributed by atoms with van der Waals surface area (Å²) in [6.07, 6.45) is 0. The number of nitrogens with one attached hydrogen (secondary N) is 1. The molecule has 0 spiro atoms. The van der Waals surface area contributed by atoms with Crippen molar-refractivity contribution in [3.63, 3.8) is 0 Å². The van der Waals surface area contributed by atoms with Crippen molar-refractivity contribution in [1.29, 1.82) is 0 Å². The number of para-hydroxylation sites is 1. The molecule has 0 heterocycles. The lowest BCUT2D eigenvalue weighted by atomic mass is 10.1. The number of carbonyl (C=O) groups excluding carboxylic acids is 1. The third-order valence-corrected chi connectivity index (χ3v) is 3.12. The summed E-state index contributed by atoms with van der Waals surface area (Å²) in [5.41, 5.74) is 8.41. The largest absolute Gasteiger partial charge is 0.465 e. The van der Waals surface area contributed by atoms with Crippen molar-refractivity contribution < 1.29 is 9.53 Å². The maximum absolute atomic E-state index is 11.6. The molecule has 0 fully saturated rings. The van der Waals surface area contributed by atoms with Gasteiger partial charge in [-0.1, -0.05) is 29.8 Å². The van der Waals surface area contributed by atoms with E-state index >= 15 is 0 Å². The molecule has 104 valence electrons. The highest BCUT2D eigenvalue weighted by atomic mass is 35.5. The van der Waals surface area contributed by atoms with Crippen molar-refractivity contribution in [3.8, 4) is 0 Å². The maximum Gasteiger partial charge on any atom is 0.340 e. The number of anilines is 2. The lowest BCUT2D eigenvalue weighted by molar-refractivity contribution is 0.0602. The van der Waals surface area contributed by atoms with Crippen molar-refractivity contribution in [1.82, 2.24) is 0 Å². The van der Waals surface area contributed by atoms with Crippen LogP contribution < -0.4 is 11.1 Å².